The van der Waals surface area contributed by atoms with E-state index in [1.807, 2.05) is 52.0 Å². The topological polar surface area (TPSA) is 208 Å². The molecule has 0 saturated carbocycles. The lowest BCUT2D eigenvalue weighted by molar-refractivity contribution is -0.121. The van der Waals surface area contributed by atoms with Gasteiger partial charge in [-0.2, -0.15) is 0 Å². The number of nitrogens with zero attached hydrogens (tertiary/aromatic N) is 2. The number of nitrogens with one attached hydrogen (secondary N) is 4. The number of allylic oxidation sites excluding steroid dienone is 3. The number of H-pyrrole nitrogens is 2. The predicted molar refractivity (Wildman–Crippen MR) is 207 cm³/mol. The van der Waals surface area contributed by atoms with Gasteiger partial charge in [0, 0.05) is 72.2 Å². The van der Waals surface area contributed by atoms with Gasteiger partial charge in [-0.05, 0) is 112 Å². The third-order valence-electron chi connectivity index (χ3n) is 9.61. The minimum atomic E-state index is -0.772. The molecule has 2 atom stereocenters. The summed E-state index contributed by atoms with van der Waals surface area (Å²) in [5.41, 5.74) is 24.1. The zero-order valence-electron chi connectivity index (χ0n) is 30.3. The summed E-state index contributed by atoms with van der Waals surface area (Å²) < 4.78 is 0. The van der Waals surface area contributed by atoms with Crippen LogP contribution in [-0.4, -0.2) is 74.2 Å². The summed E-state index contributed by atoms with van der Waals surface area (Å²) >= 11 is 0. The third kappa shape index (κ3) is 8.43. The number of amides is 2. The lowest BCUT2D eigenvalue weighted by Gasteiger charge is -2.07. The number of carbonyl (C=O) groups excluding carboxylic acids is 2. The Morgan fingerprint density at radius 2 is 1.25 bits per heavy atom. The standard InChI is InChI=1S/C38H50N8O4.ClH/c1-19-25(7-9-35(49)41-13-11-39)31-18-32-26(8-10-36(50)42-14-12-40)20(2)28(44-32)16-33-38(24(6)48)22(4)30(46-33)17-34-37(23(5)47)21(3)29(45-34)15-27(19)43-31;/h15-18,23-24,44,46-48H,7-14,39-40H2,1-6H3,(H,41,49)(H,42,50);1H. The molecule has 0 aromatic carbocycles. The van der Waals surface area contributed by atoms with Crippen LogP contribution in [0.3, 0.4) is 0 Å². The van der Waals surface area contributed by atoms with Crippen molar-refractivity contribution in [3.63, 3.8) is 0 Å². The van der Waals surface area contributed by atoms with Gasteiger partial charge in [-0.3, -0.25) is 9.59 Å². The Labute approximate surface area is 304 Å². The van der Waals surface area contributed by atoms with E-state index in [1.165, 1.54) is 0 Å². The highest BCUT2D eigenvalue weighted by Crippen LogP contribution is 2.38. The fourth-order valence-corrected chi connectivity index (χ4v) is 6.93. The highest BCUT2D eigenvalue weighted by atomic mass is 35.5. The van der Waals surface area contributed by atoms with E-state index in [-0.39, 0.29) is 37.1 Å². The molecule has 5 rings (SSSR count). The second kappa shape index (κ2) is 16.8. The minimum absolute atomic E-state index is 0. The van der Waals surface area contributed by atoms with Crippen LogP contribution in [0.25, 0.3) is 44.4 Å². The average molecular weight is 719 g/mol. The summed E-state index contributed by atoms with van der Waals surface area (Å²) in [6.45, 7) is 12.9. The SMILES string of the molecule is CC1=C(CCC(=O)NCCN)c2cc3[nH]c(cc4[nH]c(cc5nc(cc1n2)C(C)=C5C(C)O)c(C)c4C(C)O)c(C)c3CCC(=O)NCCN.Cl. The lowest BCUT2D eigenvalue weighted by atomic mass is 9.99. The molecule has 8 bridgehead atoms. The third-order valence-corrected chi connectivity index (χ3v) is 9.61. The van der Waals surface area contributed by atoms with Crippen molar-refractivity contribution >= 4 is 68.6 Å². The number of aliphatic hydroxyl groups is 2. The molecule has 12 nitrogen and oxygen atoms in total. The average Bonchev–Trinajstić information content (AvgIpc) is 3.73. The molecule has 0 radical (unpaired) electrons. The van der Waals surface area contributed by atoms with Gasteiger partial charge in [0.25, 0.3) is 0 Å². The Morgan fingerprint density at radius 1 is 0.706 bits per heavy atom. The second-order valence-corrected chi connectivity index (χ2v) is 13.2. The monoisotopic (exact) mass is 718 g/mol. The minimum Gasteiger partial charge on any atom is -0.389 e. The Kier molecular flexibility index (Phi) is 13.0. The van der Waals surface area contributed by atoms with Gasteiger partial charge in [-0.25, -0.2) is 9.97 Å². The number of aryl methyl sites for hydroxylation is 3. The number of aliphatic hydroxyl groups excluding tert-OH is 2. The van der Waals surface area contributed by atoms with Gasteiger partial charge in [0.05, 0.1) is 35.0 Å². The van der Waals surface area contributed by atoms with Crippen LogP contribution in [-0.2, 0) is 16.0 Å². The number of aromatic amines is 2. The zero-order chi connectivity index (χ0) is 36.3. The van der Waals surface area contributed by atoms with Crippen molar-refractivity contribution in [1.29, 1.82) is 0 Å². The van der Waals surface area contributed by atoms with Gasteiger partial charge in [0.15, 0.2) is 0 Å². The molecule has 2 aliphatic heterocycles. The van der Waals surface area contributed by atoms with Crippen molar-refractivity contribution in [2.75, 3.05) is 26.2 Å². The number of halogens is 1. The molecule has 3 aromatic heterocycles. The van der Waals surface area contributed by atoms with Gasteiger partial charge in [-0.1, -0.05) is 0 Å². The predicted octanol–water partition coefficient (Wildman–Crippen LogP) is 4.51. The summed E-state index contributed by atoms with van der Waals surface area (Å²) in [6, 6.07) is 7.84. The van der Waals surface area contributed by atoms with Crippen molar-refractivity contribution in [3.05, 3.63) is 69.3 Å². The number of carbonyl (C=O) groups is 2. The van der Waals surface area contributed by atoms with Crippen molar-refractivity contribution in [2.45, 2.75) is 79.4 Å². The van der Waals surface area contributed by atoms with Crippen LogP contribution in [0.4, 0.5) is 0 Å². The largest absolute Gasteiger partial charge is 0.389 e. The number of hydrogen-bond acceptors (Lipinski definition) is 8. The van der Waals surface area contributed by atoms with Crippen LogP contribution >= 0.6 is 12.4 Å². The first-order chi connectivity index (χ1) is 23.8. The fourth-order valence-electron chi connectivity index (χ4n) is 6.93. The highest BCUT2D eigenvalue weighted by molar-refractivity contribution is 5.97. The molecule has 274 valence electrons. The van der Waals surface area contributed by atoms with Crippen LogP contribution in [0.15, 0.2) is 24.3 Å². The molecule has 2 amide bonds. The van der Waals surface area contributed by atoms with Gasteiger partial charge >= 0.3 is 0 Å². The van der Waals surface area contributed by atoms with Crippen molar-refractivity contribution < 1.29 is 19.8 Å². The molecule has 13 heteroatoms. The Balaban J connectivity index is 0.00000583. The Morgan fingerprint density at radius 3 is 1.86 bits per heavy atom. The van der Waals surface area contributed by atoms with E-state index < -0.39 is 12.2 Å². The summed E-state index contributed by atoms with van der Waals surface area (Å²) in [6.07, 6.45) is -0.0684. The van der Waals surface area contributed by atoms with E-state index >= 15 is 0 Å². The summed E-state index contributed by atoms with van der Waals surface area (Å²) in [5, 5.41) is 27.5. The van der Waals surface area contributed by atoms with Crippen LogP contribution < -0.4 is 22.1 Å². The number of rotatable bonds is 12. The second-order valence-electron chi connectivity index (χ2n) is 13.2. The molecule has 51 heavy (non-hydrogen) atoms. The molecular formula is C38H51ClN8O4. The molecule has 0 spiro atoms. The van der Waals surface area contributed by atoms with Gasteiger partial charge < -0.3 is 42.3 Å². The van der Waals surface area contributed by atoms with E-state index in [0.29, 0.717) is 56.1 Å². The first-order valence-electron chi connectivity index (χ1n) is 17.3. The van der Waals surface area contributed by atoms with Crippen LogP contribution in [0.5, 0.6) is 0 Å². The number of fused-ring (bicyclic) bond motifs is 8. The highest BCUT2D eigenvalue weighted by Gasteiger charge is 2.24. The van der Waals surface area contributed by atoms with Crippen LogP contribution in [0.1, 0.15) is 98.1 Å². The molecule has 0 saturated heterocycles. The number of aromatic nitrogens is 4. The molecule has 2 aliphatic rings. The van der Waals surface area contributed by atoms with Crippen LogP contribution in [0.2, 0.25) is 0 Å². The summed E-state index contributed by atoms with van der Waals surface area (Å²) in [5.74, 6) is -0.175. The molecule has 10 N–H and O–H groups in total. The maximum atomic E-state index is 12.7. The number of nitrogens with two attached hydrogens (primary N) is 2. The molecule has 3 aromatic rings. The molecule has 2 unspecified atom stereocenters. The van der Waals surface area contributed by atoms with Crippen molar-refractivity contribution in [3.8, 4) is 0 Å². The quantitative estimate of drug-likeness (QED) is 0.133. The van der Waals surface area contributed by atoms with E-state index in [1.54, 1.807) is 13.8 Å². The smallest absolute Gasteiger partial charge is 0.220 e. The lowest BCUT2D eigenvalue weighted by Crippen LogP contribution is -2.29. The van der Waals surface area contributed by atoms with Gasteiger partial charge in [0.2, 0.25) is 11.8 Å². The van der Waals surface area contributed by atoms with E-state index in [4.69, 9.17) is 21.4 Å². The molecule has 0 aliphatic carbocycles. The normalized spacial score (nSPS) is 14.0. The first-order valence-corrected chi connectivity index (χ1v) is 17.3. The van der Waals surface area contributed by atoms with Crippen molar-refractivity contribution in [2.24, 2.45) is 11.5 Å². The zero-order valence-corrected chi connectivity index (χ0v) is 31.1. The first kappa shape index (κ1) is 39.5. The summed E-state index contributed by atoms with van der Waals surface area (Å²) in [4.78, 5) is 42.5. The Hall–Kier alpha value is -4.33. The van der Waals surface area contributed by atoms with E-state index in [9.17, 15) is 19.8 Å². The van der Waals surface area contributed by atoms with E-state index in [2.05, 4.69) is 20.6 Å². The summed E-state index contributed by atoms with van der Waals surface area (Å²) in [7, 11) is 0. The number of hydrogen-bond donors (Lipinski definition) is 8. The van der Waals surface area contributed by atoms with Gasteiger partial charge in [0.1, 0.15) is 0 Å². The molecule has 5 heterocycles. The Bertz CT molecular complexity index is 2040. The van der Waals surface area contributed by atoms with E-state index in [0.717, 1.165) is 72.3 Å². The fraction of sp³-hybridized carbons (Fsp3) is 0.421. The van der Waals surface area contributed by atoms with Crippen LogP contribution in [0, 0.1) is 13.8 Å². The maximum Gasteiger partial charge on any atom is 0.220 e. The molecule has 0 fully saturated rings. The van der Waals surface area contributed by atoms with Crippen molar-refractivity contribution in [1.82, 2.24) is 30.6 Å². The maximum absolute atomic E-state index is 12.7. The molecular weight excluding hydrogens is 668 g/mol. The van der Waals surface area contributed by atoms with Gasteiger partial charge in [-0.15, -0.1) is 12.4 Å².